The van der Waals surface area contributed by atoms with Crippen LogP contribution < -0.4 is 11.1 Å². The van der Waals surface area contributed by atoms with Crippen molar-refractivity contribution in [2.75, 3.05) is 6.54 Å². The van der Waals surface area contributed by atoms with Crippen molar-refractivity contribution < 1.29 is 0 Å². The summed E-state index contributed by atoms with van der Waals surface area (Å²) >= 11 is 6.34. The van der Waals surface area contributed by atoms with Crippen LogP contribution >= 0.6 is 12.2 Å². The van der Waals surface area contributed by atoms with Gasteiger partial charge in [-0.3, -0.25) is 0 Å². The molecule has 5 unspecified atom stereocenters. The lowest BCUT2D eigenvalue weighted by atomic mass is 9.61. The summed E-state index contributed by atoms with van der Waals surface area (Å²) in [6.45, 7) is 0.839. The molecule has 0 saturated heterocycles. The largest absolute Gasteiger partial charge is 0.376 e. The number of benzene rings is 2. The Hall–Kier alpha value is -1.71. The molecule has 5 aliphatic carbocycles. The third-order valence-corrected chi connectivity index (χ3v) is 10.6. The Morgan fingerprint density at radius 1 is 0.909 bits per heavy atom. The molecule has 174 valence electrons. The van der Waals surface area contributed by atoms with Crippen molar-refractivity contribution in [3.05, 3.63) is 71.8 Å². The first-order valence-corrected chi connectivity index (χ1v) is 13.6. The molecule has 3 N–H and O–H groups in total. The lowest BCUT2D eigenvalue weighted by Gasteiger charge is -2.44. The minimum atomic E-state index is 0.193. The van der Waals surface area contributed by atoms with Crippen LogP contribution in [-0.2, 0) is 11.8 Å². The monoisotopic (exact) mass is 458 g/mol. The number of hydrogen-bond donors (Lipinski definition) is 2. The van der Waals surface area contributed by atoms with Crippen LogP contribution in [0, 0.1) is 29.1 Å². The van der Waals surface area contributed by atoms with Crippen molar-refractivity contribution in [1.82, 2.24) is 5.32 Å². The lowest BCUT2D eigenvalue weighted by molar-refractivity contribution is 0.162. The minimum Gasteiger partial charge on any atom is -0.376 e. The molecule has 0 amide bonds. The maximum atomic E-state index is 6.34. The summed E-state index contributed by atoms with van der Waals surface area (Å²) in [5, 5.41) is 3.95. The van der Waals surface area contributed by atoms with Crippen LogP contribution in [0.3, 0.4) is 0 Å². The van der Waals surface area contributed by atoms with Crippen LogP contribution in [-0.4, -0.2) is 17.6 Å². The molecule has 7 rings (SSSR count). The van der Waals surface area contributed by atoms with E-state index in [2.05, 4.69) is 66.0 Å². The number of rotatable bonds is 6. The smallest absolute Gasteiger partial charge is 0.0821 e. The van der Waals surface area contributed by atoms with Crippen LogP contribution in [0.5, 0.6) is 0 Å². The first-order chi connectivity index (χ1) is 16.1. The van der Waals surface area contributed by atoms with Gasteiger partial charge in [-0.15, -0.1) is 0 Å². The minimum absolute atomic E-state index is 0.193. The van der Waals surface area contributed by atoms with Crippen molar-refractivity contribution in [3.63, 3.8) is 0 Å². The predicted molar refractivity (Wildman–Crippen MR) is 140 cm³/mol. The van der Waals surface area contributed by atoms with Gasteiger partial charge in [-0.1, -0.05) is 72.9 Å². The second kappa shape index (κ2) is 8.50. The van der Waals surface area contributed by atoms with E-state index in [1.165, 1.54) is 68.3 Å². The van der Waals surface area contributed by atoms with Crippen LogP contribution in [0.4, 0.5) is 0 Å². The number of hydrogen-bond acceptors (Lipinski definition) is 2. The van der Waals surface area contributed by atoms with E-state index < -0.39 is 0 Å². The molecule has 0 radical (unpaired) electrons. The molecule has 5 fully saturated rings. The van der Waals surface area contributed by atoms with Gasteiger partial charge in [0.25, 0.3) is 0 Å². The normalized spacial score (nSPS) is 39.0. The topological polar surface area (TPSA) is 38.0 Å². The van der Waals surface area contributed by atoms with Gasteiger partial charge in [-0.25, -0.2) is 0 Å². The Morgan fingerprint density at radius 3 is 2.30 bits per heavy atom. The molecule has 5 aliphatic rings. The Kier molecular flexibility index (Phi) is 5.62. The molecule has 2 aromatic rings. The van der Waals surface area contributed by atoms with Gasteiger partial charge in [0.1, 0.15) is 0 Å². The first-order valence-electron chi connectivity index (χ1n) is 13.2. The molecule has 0 heterocycles. The van der Waals surface area contributed by atoms with Gasteiger partial charge < -0.3 is 11.1 Å². The molecule has 0 aliphatic heterocycles. The highest BCUT2D eigenvalue weighted by molar-refractivity contribution is 7.80. The summed E-state index contributed by atoms with van der Waals surface area (Å²) in [7, 11) is 0. The highest BCUT2D eigenvalue weighted by Crippen LogP contribution is 2.73. The van der Waals surface area contributed by atoms with E-state index in [4.69, 9.17) is 18.0 Å². The van der Waals surface area contributed by atoms with Crippen molar-refractivity contribution in [2.24, 2.45) is 34.8 Å². The third-order valence-electron chi connectivity index (χ3n) is 10.0. The highest BCUT2D eigenvalue weighted by Gasteiger charge is 2.69. The van der Waals surface area contributed by atoms with Gasteiger partial charge in [0.15, 0.2) is 0 Å². The molecule has 3 heteroatoms. The molecule has 33 heavy (non-hydrogen) atoms. The van der Waals surface area contributed by atoms with Gasteiger partial charge >= 0.3 is 0 Å². The summed E-state index contributed by atoms with van der Waals surface area (Å²) in [6.07, 6.45) is 11.4. The Morgan fingerprint density at radius 2 is 1.61 bits per heavy atom. The standard InChI is InChI=1S/C30H38N2S/c31-19-22-11-13-25(14-12-22)32-28(33)30-17-23-16-29(20-30,24-9-5-2-6-10-24)18-27(30)26(23)15-21-7-3-1-4-8-21/h1-10,22-23,25-27H,11-20,31H2,(H,32,33). The van der Waals surface area contributed by atoms with Gasteiger partial charge in [-0.05, 0) is 105 Å². The molecular formula is C30H38N2S. The number of nitrogens with one attached hydrogen (secondary N) is 1. The molecule has 2 aromatic carbocycles. The Balaban J connectivity index is 1.28. The van der Waals surface area contributed by atoms with E-state index in [9.17, 15) is 0 Å². The molecule has 0 aromatic heterocycles. The molecule has 5 atom stereocenters. The summed E-state index contributed by atoms with van der Waals surface area (Å²) in [4.78, 5) is 1.21. The third kappa shape index (κ3) is 3.67. The van der Waals surface area contributed by atoms with Gasteiger partial charge in [-0.2, -0.15) is 0 Å². The first kappa shape index (κ1) is 21.8. The van der Waals surface area contributed by atoms with Crippen LogP contribution in [0.2, 0.25) is 0 Å². The van der Waals surface area contributed by atoms with Gasteiger partial charge in [0.2, 0.25) is 0 Å². The van der Waals surface area contributed by atoms with Crippen LogP contribution in [0.15, 0.2) is 60.7 Å². The number of nitrogens with two attached hydrogens (primary N) is 1. The van der Waals surface area contributed by atoms with E-state index in [-0.39, 0.29) is 5.41 Å². The lowest BCUT2D eigenvalue weighted by Crippen LogP contribution is -2.47. The van der Waals surface area contributed by atoms with Crippen molar-refractivity contribution in [2.45, 2.75) is 69.2 Å². The van der Waals surface area contributed by atoms with E-state index in [0.717, 1.165) is 18.4 Å². The molecule has 4 bridgehead atoms. The zero-order chi connectivity index (χ0) is 22.5. The summed E-state index contributed by atoms with van der Waals surface area (Å²) in [6, 6.07) is 23.1. The molecule has 2 nitrogen and oxygen atoms in total. The van der Waals surface area contributed by atoms with E-state index in [1.807, 2.05) is 0 Å². The average Bonchev–Trinajstić information content (AvgIpc) is 3.23. The van der Waals surface area contributed by atoms with Gasteiger partial charge in [0, 0.05) is 11.5 Å². The summed E-state index contributed by atoms with van der Waals surface area (Å²) in [5.74, 6) is 2.96. The second-order valence-corrected chi connectivity index (χ2v) is 12.1. The van der Waals surface area contributed by atoms with Crippen molar-refractivity contribution in [1.29, 1.82) is 0 Å². The summed E-state index contributed by atoms with van der Waals surface area (Å²) in [5.41, 5.74) is 9.52. The fourth-order valence-corrected chi connectivity index (χ4v) is 9.05. The van der Waals surface area contributed by atoms with Crippen molar-refractivity contribution >= 4 is 17.2 Å². The van der Waals surface area contributed by atoms with Crippen LogP contribution in [0.1, 0.15) is 62.5 Å². The Bertz CT molecular complexity index is 983. The second-order valence-electron chi connectivity index (χ2n) is 11.7. The molecule has 0 spiro atoms. The molecule has 5 saturated carbocycles. The predicted octanol–water partition coefficient (Wildman–Crippen LogP) is 6.04. The SMILES string of the molecule is NCC1CCC(NC(=S)C23CC4CC(c5ccccc5)(CC2C4Cc2ccccc2)C3)CC1. The molecular weight excluding hydrogens is 420 g/mol. The zero-order valence-corrected chi connectivity index (χ0v) is 20.5. The van der Waals surface area contributed by atoms with E-state index in [0.29, 0.717) is 23.3 Å². The maximum Gasteiger partial charge on any atom is 0.0821 e. The zero-order valence-electron chi connectivity index (χ0n) is 19.7. The van der Waals surface area contributed by atoms with E-state index in [1.54, 1.807) is 5.56 Å². The van der Waals surface area contributed by atoms with Crippen molar-refractivity contribution in [3.8, 4) is 0 Å². The number of thiocarbonyl (C=S) groups is 1. The Labute approximate surface area is 204 Å². The van der Waals surface area contributed by atoms with Gasteiger partial charge in [0.05, 0.1) is 4.99 Å². The fraction of sp³-hybridized carbons (Fsp3) is 0.567. The van der Waals surface area contributed by atoms with E-state index >= 15 is 0 Å². The van der Waals surface area contributed by atoms with Crippen LogP contribution in [0.25, 0.3) is 0 Å². The summed E-state index contributed by atoms with van der Waals surface area (Å²) < 4.78 is 0. The fourth-order valence-electron chi connectivity index (χ4n) is 8.57. The quantitative estimate of drug-likeness (QED) is 0.519. The average molecular weight is 459 g/mol. The maximum absolute atomic E-state index is 6.34. The highest BCUT2D eigenvalue weighted by atomic mass is 32.1.